The lowest BCUT2D eigenvalue weighted by molar-refractivity contribution is -0.143. The Kier molecular flexibility index (Phi) is 11.9. The lowest BCUT2D eigenvalue weighted by atomic mass is 9.88. The van der Waals surface area contributed by atoms with Crippen molar-refractivity contribution in [3.8, 4) is 5.75 Å². The number of aromatic hydroxyl groups is 1. The molecule has 12 heteroatoms. The molecule has 0 saturated carbocycles. The second kappa shape index (κ2) is 15.1. The van der Waals surface area contributed by atoms with E-state index in [1.165, 1.54) is 12.1 Å². The van der Waals surface area contributed by atoms with Crippen LogP contribution in [0.25, 0.3) is 0 Å². The zero-order valence-electron chi connectivity index (χ0n) is 24.3. The van der Waals surface area contributed by atoms with Gasteiger partial charge in [-0.3, -0.25) is 19.3 Å². The first-order chi connectivity index (χ1) is 19.4. The molecule has 228 valence electrons. The zero-order valence-corrected chi connectivity index (χ0v) is 24.3. The van der Waals surface area contributed by atoms with Crippen molar-refractivity contribution in [2.24, 2.45) is 5.41 Å². The fourth-order valence-electron chi connectivity index (χ4n) is 4.87. The Balaban J connectivity index is 1.78. The van der Waals surface area contributed by atoms with Crippen LogP contribution in [0.3, 0.4) is 0 Å². The maximum absolute atomic E-state index is 13.7. The molecule has 3 rings (SSSR count). The molecule has 1 aromatic carbocycles. The highest BCUT2D eigenvalue weighted by Gasteiger charge is 2.33. The molecule has 0 spiro atoms. The van der Waals surface area contributed by atoms with Crippen LogP contribution in [0.15, 0.2) is 24.3 Å². The van der Waals surface area contributed by atoms with Crippen LogP contribution in [-0.4, -0.2) is 102 Å². The van der Waals surface area contributed by atoms with Crippen molar-refractivity contribution in [3.05, 3.63) is 29.8 Å². The maximum atomic E-state index is 13.7. The Morgan fingerprint density at radius 2 is 1.63 bits per heavy atom. The molecule has 0 radical (unpaired) electrons. The average Bonchev–Trinajstić information content (AvgIpc) is 3.46. The molecule has 41 heavy (non-hydrogen) atoms. The van der Waals surface area contributed by atoms with Crippen LogP contribution < -0.4 is 21.3 Å². The van der Waals surface area contributed by atoms with Crippen molar-refractivity contribution in [2.45, 2.75) is 77.0 Å². The van der Waals surface area contributed by atoms with Gasteiger partial charge in [0.25, 0.3) is 0 Å². The molecule has 2 fully saturated rings. The minimum Gasteiger partial charge on any atom is -0.508 e. The molecule has 3 unspecified atom stereocenters. The van der Waals surface area contributed by atoms with Gasteiger partial charge in [0.05, 0.1) is 19.3 Å². The summed E-state index contributed by atoms with van der Waals surface area (Å²) in [7, 11) is 0. The number of ether oxygens (including phenoxy) is 1. The van der Waals surface area contributed by atoms with Crippen LogP contribution in [0.1, 0.15) is 52.0 Å². The average molecular weight is 576 g/mol. The summed E-state index contributed by atoms with van der Waals surface area (Å²) >= 11 is 0. The Labute approximate surface area is 241 Å². The van der Waals surface area contributed by atoms with E-state index in [1.807, 2.05) is 25.7 Å². The predicted octanol–water partition coefficient (Wildman–Crippen LogP) is 0.384. The summed E-state index contributed by atoms with van der Waals surface area (Å²) in [6.07, 6.45) is 2.48. The van der Waals surface area contributed by atoms with Gasteiger partial charge in [0.2, 0.25) is 17.7 Å². The van der Waals surface area contributed by atoms with E-state index in [-0.39, 0.29) is 36.5 Å². The van der Waals surface area contributed by atoms with Crippen LogP contribution >= 0.6 is 0 Å². The standard InChI is InChI=1S/C29H45N5O7/c1-29(2,3)11-10-22(28(39)40)31-27(38)24(18-34-13-15-41-16-14-34)33-26(37)23(17-19-6-8-20(35)9-7-19)32-25(36)21-5-4-12-30-21/h6-9,21-24,30,35H,4-5,10-18H2,1-3H3,(H,31,38)(H,32,36)(H,33,37)(H,39,40)/t21-,22?,23?,24?/m0/s1. The summed E-state index contributed by atoms with van der Waals surface area (Å²) < 4.78 is 5.41. The van der Waals surface area contributed by atoms with E-state index in [2.05, 4.69) is 21.3 Å². The highest BCUT2D eigenvalue weighted by Crippen LogP contribution is 2.22. The molecular weight excluding hydrogens is 530 g/mol. The molecule has 0 bridgehead atoms. The van der Waals surface area contributed by atoms with Gasteiger partial charge >= 0.3 is 5.97 Å². The largest absolute Gasteiger partial charge is 0.508 e. The molecule has 0 aromatic heterocycles. The number of aliphatic carboxylic acids is 1. The van der Waals surface area contributed by atoms with Crippen LogP contribution in [0.2, 0.25) is 0 Å². The van der Waals surface area contributed by atoms with Crippen molar-refractivity contribution < 1.29 is 34.1 Å². The number of hydrogen-bond donors (Lipinski definition) is 6. The highest BCUT2D eigenvalue weighted by atomic mass is 16.5. The fraction of sp³-hybridized carbons (Fsp3) is 0.655. The zero-order chi connectivity index (χ0) is 30.0. The number of morpholine rings is 1. The van der Waals surface area contributed by atoms with Crippen LogP contribution in [0, 0.1) is 5.41 Å². The van der Waals surface area contributed by atoms with Gasteiger partial charge in [0.1, 0.15) is 23.9 Å². The quantitative estimate of drug-likeness (QED) is 0.195. The van der Waals surface area contributed by atoms with Crippen molar-refractivity contribution >= 4 is 23.7 Å². The number of rotatable bonds is 13. The number of nitrogens with zero attached hydrogens (tertiary/aromatic N) is 1. The van der Waals surface area contributed by atoms with Gasteiger partial charge in [-0.2, -0.15) is 0 Å². The molecule has 2 saturated heterocycles. The fourth-order valence-corrected chi connectivity index (χ4v) is 4.87. The molecular formula is C29H45N5O7. The number of hydrogen-bond acceptors (Lipinski definition) is 8. The monoisotopic (exact) mass is 575 g/mol. The predicted molar refractivity (Wildman–Crippen MR) is 152 cm³/mol. The first-order valence-electron chi connectivity index (χ1n) is 14.4. The van der Waals surface area contributed by atoms with Gasteiger partial charge in [-0.15, -0.1) is 0 Å². The lowest BCUT2D eigenvalue weighted by Gasteiger charge is -2.32. The number of phenolic OH excluding ortho intramolecular Hbond substituents is 1. The van der Waals surface area contributed by atoms with Gasteiger partial charge in [0, 0.05) is 26.1 Å². The molecule has 3 amide bonds. The van der Waals surface area contributed by atoms with Crippen molar-refractivity contribution in [1.29, 1.82) is 0 Å². The third-order valence-electron chi connectivity index (χ3n) is 7.36. The van der Waals surface area contributed by atoms with Crippen molar-refractivity contribution in [3.63, 3.8) is 0 Å². The van der Waals surface area contributed by atoms with Crippen LogP contribution in [0.5, 0.6) is 5.75 Å². The molecule has 12 nitrogen and oxygen atoms in total. The van der Waals surface area contributed by atoms with E-state index in [4.69, 9.17) is 4.74 Å². The summed E-state index contributed by atoms with van der Waals surface area (Å²) in [5.41, 5.74) is 0.596. The van der Waals surface area contributed by atoms with Crippen LogP contribution in [0.4, 0.5) is 0 Å². The first-order valence-corrected chi connectivity index (χ1v) is 14.4. The molecule has 1 aromatic rings. The number of carbonyl (C=O) groups excluding carboxylic acids is 3. The summed E-state index contributed by atoms with van der Waals surface area (Å²) in [5.74, 6) is -2.52. The van der Waals surface area contributed by atoms with Gasteiger partial charge in [-0.1, -0.05) is 32.9 Å². The van der Waals surface area contributed by atoms with Gasteiger partial charge in [0.15, 0.2) is 0 Å². The molecule has 2 aliphatic rings. The second-order valence-electron chi connectivity index (χ2n) is 12.1. The summed E-state index contributed by atoms with van der Waals surface area (Å²) in [4.78, 5) is 54.0. The number of nitrogens with one attached hydrogen (secondary N) is 4. The number of carboxylic acids is 1. The van der Waals surface area contributed by atoms with E-state index in [9.17, 15) is 29.4 Å². The van der Waals surface area contributed by atoms with Gasteiger partial charge < -0.3 is 36.2 Å². The number of phenols is 1. The highest BCUT2D eigenvalue weighted by molar-refractivity contribution is 5.94. The van der Waals surface area contributed by atoms with Crippen molar-refractivity contribution in [1.82, 2.24) is 26.2 Å². The normalized spacial score (nSPS) is 20.0. The van der Waals surface area contributed by atoms with Gasteiger partial charge in [-0.05, 0) is 55.3 Å². The number of benzene rings is 1. The van der Waals surface area contributed by atoms with E-state index in [0.717, 1.165) is 6.42 Å². The molecule has 4 atom stereocenters. The lowest BCUT2D eigenvalue weighted by Crippen LogP contribution is -2.60. The Hall–Kier alpha value is -3.22. The molecule has 6 N–H and O–H groups in total. The first kappa shape index (κ1) is 32.3. The summed E-state index contributed by atoms with van der Waals surface area (Å²) in [6, 6.07) is 2.78. The maximum Gasteiger partial charge on any atom is 0.326 e. The molecule has 2 aliphatic heterocycles. The van der Waals surface area contributed by atoms with Crippen LogP contribution in [-0.2, 0) is 30.3 Å². The topological polar surface area (TPSA) is 169 Å². The SMILES string of the molecule is CC(C)(C)CCC(NC(=O)C(CN1CCOCC1)NC(=O)C(Cc1ccc(O)cc1)NC(=O)[C@@H]1CCCN1)C(=O)O. The van der Waals surface area contributed by atoms with Gasteiger partial charge in [-0.25, -0.2) is 4.79 Å². The Bertz CT molecular complexity index is 1030. The molecule has 2 heterocycles. The summed E-state index contributed by atoms with van der Waals surface area (Å²) in [6.45, 7) is 8.97. The Morgan fingerprint density at radius 1 is 1.00 bits per heavy atom. The van der Waals surface area contributed by atoms with E-state index < -0.39 is 42.0 Å². The summed E-state index contributed by atoms with van der Waals surface area (Å²) in [5, 5.41) is 30.8. The van der Waals surface area contributed by atoms with E-state index >= 15 is 0 Å². The minimum atomic E-state index is -1.14. The third-order valence-corrected chi connectivity index (χ3v) is 7.36. The number of carboxylic acid groups (broad SMARTS) is 1. The smallest absolute Gasteiger partial charge is 0.326 e. The minimum absolute atomic E-state index is 0.0793. The number of amides is 3. The number of carbonyl (C=O) groups is 4. The van der Waals surface area contributed by atoms with Crippen molar-refractivity contribution in [2.75, 3.05) is 39.4 Å². The third kappa shape index (κ3) is 10.9. The second-order valence-corrected chi connectivity index (χ2v) is 12.1. The van der Waals surface area contributed by atoms with E-state index in [0.29, 0.717) is 51.3 Å². The Morgan fingerprint density at radius 3 is 2.22 bits per heavy atom. The molecule has 0 aliphatic carbocycles. The van der Waals surface area contributed by atoms with E-state index in [1.54, 1.807) is 12.1 Å².